The molecule has 0 aromatic heterocycles. The average Bonchev–Trinajstić information content (AvgIpc) is 2.40. The van der Waals surface area contributed by atoms with Crippen LogP contribution in [0.1, 0.15) is 23.7 Å². The first-order chi connectivity index (χ1) is 8.29. The van der Waals surface area contributed by atoms with Gasteiger partial charge in [0.1, 0.15) is 0 Å². The Morgan fingerprint density at radius 2 is 1.94 bits per heavy atom. The number of hydrogen-bond acceptors (Lipinski definition) is 3. The Kier molecular flexibility index (Phi) is 4.12. The maximum absolute atomic E-state index is 11.8. The second kappa shape index (κ2) is 5.80. The largest absolute Gasteiger partial charge is 0.350 e. The number of ether oxygens (including phenoxy) is 2. The van der Waals surface area contributed by atoms with E-state index in [1.807, 2.05) is 25.1 Å². The number of rotatable bonds is 3. The zero-order valence-electron chi connectivity index (χ0n) is 9.89. The number of nitrogens with one attached hydrogen (secondary N) is 1. The fourth-order valence-electron chi connectivity index (χ4n) is 1.72. The Morgan fingerprint density at radius 3 is 2.53 bits per heavy atom. The highest BCUT2D eigenvalue weighted by Crippen LogP contribution is 2.09. The number of amides is 1. The summed E-state index contributed by atoms with van der Waals surface area (Å²) in [4.78, 5) is 11.8. The van der Waals surface area contributed by atoms with Crippen molar-refractivity contribution in [2.75, 3.05) is 13.2 Å². The molecule has 1 saturated heterocycles. The van der Waals surface area contributed by atoms with Crippen LogP contribution in [-0.4, -0.2) is 31.5 Å². The summed E-state index contributed by atoms with van der Waals surface area (Å²) in [7, 11) is 0. The molecule has 0 saturated carbocycles. The summed E-state index contributed by atoms with van der Waals surface area (Å²) in [6, 6.07) is 9.08. The number of hydrogen-bond donors (Lipinski definition) is 1. The Balaban J connectivity index is 1.84. The predicted octanol–water partition coefficient (Wildman–Crippen LogP) is 1.57. The van der Waals surface area contributed by atoms with Crippen molar-refractivity contribution in [2.45, 2.75) is 25.7 Å². The van der Waals surface area contributed by atoms with Crippen molar-refractivity contribution in [3.8, 4) is 0 Å². The molecule has 1 heterocycles. The summed E-state index contributed by atoms with van der Waals surface area (Å²) in [5.74, 6) is -0.0854. The molecule has 4 nitrogen and oxygen atoms in total. The van der Waals surface area contributed by atoms with Crippen LogP contribution in [0.25, 0.3) is 0 Å². The summed E-state index contributed by atoms with van der Waals surface area (Å²) in [5.41, 5.74) is 0.658. The summed E-state index contributed by atoms with van der Waals surface area (Å²) in [6.07, 6.45) is 0.708. The third-order valence-electron chi connectivity index (χ3n) is 2.67. The highest BCUT2D eigenvalue weighted by molar-refractivity contribution is 5.94. The molecule has 1 aromatic carbocycles. The predicted molar refractivity (Wildman–Crippen MR) is 63.7 cm³/mol. The lowest BCUT2D eigenvalue weighted by atomic mass is 10.2. The second-order valence-electron chi connectivity index (χ2n) is 4.04. The van der Waals surface area contributed by atoms with Crippen molar-refractivity contribution in [1.29, 1.82) is 0 Å². The van der Waals surface area contributed by atoms with Crippen LogP contribution in [0, 0.1) is 0 Å². The fourth-order valence-corrected chi connectivity index (χ4v) is 1.72. The molecular formula is C13H17NO3. The lowest BCUT2D eigenvalue weighted by Gasteiger charge is -2.29. The molecule has 0 bridgehead atoms. The van der Waals surface area contributed by atoms with Crippen molar-refractivity contribution in [3.05, 3.63) is 35.9 Å². The molecule has 1 amide bonds. The molecule has 0 aliphatic carbocycles. The van der Waals surface area contributed by atoms with E-state index in [1.165, 1.54) is 0 Å². The second-order valence-corrected chi connectivity index (χ2v) is 4.04. The molecule has 0 spiro atoms. The lowest BCUT2D eigenvalue weighted by molar-refractivity contribution is -0.188. The van der Waals surface area contributed by atoms with Crippen LogP contribution in [0.4, 0.5) is 0 Å². The Hall–Kier alpha value is -1.39. The molecule has 1 aliphatic rings. The van der Waals surface area contributed by atoms with Gasteiger partial charge in [-0.3, -0.25) is 4.79 Å². The molecule has 0 unspecified atom stereocenters. The van der Waals surface area contributed by atoms with E-state index in [-0.39, 0.29) is 18.2 Å². The topological polar surface area (TPSA) is 47.6 Å². The van der Waals surface area contributed by atoms with E-state index in [0.717, 1.165) is 6.42 Å². The highest BCUT2D eigenvalue weighted by atomic mass is 16.7. The minimum Gasteiger partial charge on any atom is -0.350 e. The highest BCUT2D eigenvalue weighted by Gasteiger charge is 2.22. The summed E-state index contributed by atoms with van der Waals surface area (Å²) in [6.45, 7) is 3.03. The van der Waals surface area contributed by atoms with E-state index in [2.05, 4.69) is 5.32 Å². The molecule has 2 rings (SSSR count). The van der Waals surface area contributed by atoms with E-state index >= 15 is 0 Å². The standard InChI is InChI=1S/C13H17NO3/c1-2-12-16-8-11(9-17-12)14-13(15)10-6-4-3-5-7-10/h3-7,11-12H,2,8-9H2,1H3,(H,14,15). The first-order valence-electron chi connectivity index (χ1n) is 5.88. The van der Waals surface area contributed by atoms with Gasteiger partial charge in [-0.25, -0.2) is 0 Å². The van der Waals surface area contributed by atoms with Crippen molar-refractivity contribution >= 4 is 5.91 Å². The maximum Gasteiger partial charge on any atom is 0.251 e. The number of benzene rings is 1. The minimum absolute atomic E-state index is 0.0643. The lowest BCUT2D eigenvalue weighted by Crippen LogP contribution is -2.46. The normalized spacial score (nSPS) is 24.3. The molecule has 1 fully saturated rings. The van der Waals surface area contributed by atoms with Gasteiger partial charge in [0.2, 0.25) is 0 Å². The van der Waals surface area contributed by atoms with Gasteiger partial charge in [-0.15, -0.1) is 0 Å². The minimum atomic E-state index is -0.125. The summed E-state index contributed by atoms with van der Waals surface area (Å²) < 4.78 is 10.9. The Bertz CT molecular complexity index is 358. The molecule has 1 N–H and O–H groups in total. The van der Waals surface area contributed by atoms with Gasteiger partial charge in [0.15, 0.2) is 6.29 Å². The first kappa shape index (κ1) is 12.1. The van der Waals surface area contributed by atoms with Gasteiger partial charge in [-0.2, -0.15) is 0 Å². The van der Waals surface area contributed by atoms with E-state index in [9.17, 15) is 4.79 Å². The summed E-state index contributed by atoms with van der Waals surface area (Å²) in [5, 5.41) is 2.89. The van der Waals surface area contributed by atoms with Gasteiger partial charge in [0, 0.05) is 5.56 Å². The summed E-state index contributed by atoms with van der Waals surface area (Å²) >= 11 is 0. The quantitative estimate of drug-likeness (QED) is 0.865. The Labute approximate surface area is 101 Å². The fraction of sp³-hybridized carbons (Fsp3) is 0.462. The van der Waals surface area contributed by atoms with Gasteiger partial charge in [-0.1, -0.05) is 25.1 Å². The van der Waals surface area contributed by atoms with E-state index < -0.39 is 0 Å². The van der Waals surface area contributed by atoms with Crippen molar-refractivity contribution in [3.63, 3.8) is 0 Å². The Morgan fingerprint density at radius 1 is 1.29 bits per heavy atom. The monoisotopic (exact) mass is 235 g/mol. The van der Waals surface area contributed by atoms with E-state index in [4.69, 9.17) is 9.47 Å². The van der Waals surface area contributed by atoms with Crippen LogP contribution in [0.2, 0.25) is 0 Å². The molecule has 0 radical (unpaired) electrons. The number of carbonyl (C=O) groups is 1. The molecule has 0 atom stereocenters. The zero-order chi connectivity index (χ0) is 12.1. The first-order valence-corrected chi connectivity index (χ1v) is 5.88. The van der Waals surface area contributed by atoms with Crippen LogP contribution in [-0.2, 0) is 9.47 Å². The molecule has 17 heavy (non-hydrogen) atoms. The van der Waals surface area contributed by atoms with Crippen molar-refractivity contribution in [1.82, 2.24) is 5.32 Å². The van der Waals surface area contributed by atoms with Gasteiger partial charge in [0.05, 0.1) is 19.3 Å². The third-order valence-corrected chi connectivity index (χ3v) is 2.67. The van der Waals surface area contributed by atoms with Crippen LogP contribution >= 0.6 is 0 Å². The van der Waals surface area contributed by atoms with Crippen molar-refractivity contribution < 1.29 is 14.3 Å². The van der Waals surface area contributed by atoms with E-state index in [1.54, 1.807) is 12.1 Å². The molecule has 92 valence electrons. The molecular weight excluding hydrogens is 218 g/mol. The van der Waals surface area contributed by atoms with Crippen molar-refractivity contribution in [2.24, 2.45) is 0 Å². The van der Waals surface area contributed by atoms with Gasteiger partial charge in [-0.05, 0) is 18.6 Å². The van der Waals surface area contributed by atoms with Gasteiger partial charge >= 0.3 is 0 Å². The van der Waals surface area contributed by atoms with Crippen LogP contribution in [0.15, 0.2) is 30.3 Å². The number of carbonyl (C=O) groups excluding carboxylic acids is 1. The van der Waals surface area contributed by atoms with E-state index in [0.29, 0.717) is 18.8 Å². The van der Waals surface area contributed by atoms with Gasteiger partial charge < -0.3 is 14.8 Å². The SMILES string of the molecule is CCC1OCC(NC(=O)c2ccccc2)CO1. The molecule has 4 heteroatoms. The zero-order valence-corrected chi connectivity index (χ0v) is 9.89. The van der Waals surface area contributed by atoms with Crippen LogP contribution < -0.4 is 5.32 Å². The molecule has 1 aromatic rings. The molecule has 1 aliphatic heterocycles. The maximum atomic E-state index is 11.8. The van der Waals surface area contributed by atoms with Gasteiger partial charge in [0.25, 0.3) is 5.91 Å². The van der Waals surface area contributed by atoms with Crippen LogP contribution in [0.5, 0.6) is 0 Å². The van der Waals surface area contributed by atoms with Crippen LogP contribution in [0.3, 0.4) is 0 Å². The third kappa shape index (κ3) is 3.28. The smallest absolute Gasteiger partial charge is 0.251 e. The average molecular weight is 235 g/mol.